The van der Waals surface area contributed by atoms with Crippen LogP contribution in [0.3, 0.4) is 0 Å². The van der Waals surface area contributed by atoms with E-state index in [0.29, 0.717) is 23.3 Å². The number of aromatic amines is 1. The minimum absolute atomic E-state index is 0.518. The van der Waals surface area contributed by atoms with Crippen molar-refractivity contribution in [3.63, 3.8) is 0 Å². The molecule has 5 heteroatoms. The molecule has 0 aliphatic carbocycles. The number of benzene rings is 2. The molecule has 0 fully saturated rings. The summed E-state index contributed by atoms with van der Waals surface area (Å²) in [5.41, 5.74) is 3.74. The second-order valence-corrected chi connectivity index (χ2v) is 5.52. The van der Waals surface area contributed by atoms with Gasteiger partial charge in [-0.05, 0) is 61.0 Å². The molecule has 1 N–H and O–H groups in total. The lowest BCUT2D eigenvalue weighted by molar-refractivity contribution is 0.577. The van der Waals surface area contributed by atoms with E-state index in [2.05, 4.69) is 4.98 Å². The van der Waals surface area contributed by atoms with E-state index in [1.54, 1.807) is 0 Å². The Morgan fingerprint density at radius 2 is 1.81 bits per heavy atom. The number of nitrogens with zero attached hydrogens (tertiary/aromatic N) is 1. The van der Waals surface area contributed by atoms with Gasteiger partial charge in [-0.1, -0.05) is 6.07 Å². The van der Waals surface area contributed by atoms with Crippen molar-refractivity contribution in [1.82, 2.24) is 9.55 Å². The first-order valence-corrected chi connectivity index (χ1v) is 7.08. The van der Waals surface area contributed by atoms with Crippen LogP contribution in [0.2, 0.25) is 0 Å². The van der Waals surface area contributed by atoms with Crippen molar-refractivity contribution >= 4 is 23.3 Å². The third kappa shape index (κ3) is 2.88. The third-order valence-electron chi connectivity index (χ3n) is 3.48. The van der Waals surface area contributed by atoms with Crippen LogP contribution in [0.1, 0.15) is 11.1 Å². The maximum Gasteiger partial charge on any atom is 0.178 e. The van der Waals surface area contributed by atoms with E-state index in [1.165, 1.54) is 12.1 Å². The standard InChI is InChI=1S/C16H14F2N2S/c1-10-2-3-14-15(6-10)20(16(21)19-14)5-4-11-7-12(17)9-13(18)8-11/h2-3,6-9H,4-5H2,1H3,(H,19,21). The molecule has 3 rings (SSSR count). The summed E-state index contributed by atoms with van der Waals surface area (Å²) in [4.78, 5) is 3.14. The number of nitrogens with one attached hydrogen (secondary N) is 1. The lowest BCUT2D eigenvalue weighted by Gasteiger charge is -2.06. The molecule has 0 radical (unpaired) electrons. The zero-order valence-electron chi connectivity index (χ0n) is 11.5. The van der Waals surface area contributed by atoms with E-state index in [0.717, 1.165) is 22.7 Å². The molecule has 0 aliphatic rings. The number of halogens is 2. The summed E-state index contributed by atoms with van der Waals surface area (Å²) < 4.78 is 29.0. The largest absolute Gasteiger partial charge is 0.331 e. The fourth-order valence-electron chi connectivity index (χ4n) is 2.48. The minimum Gasteiger partial charge on any atom is -0.331 e. The highest BCUT2D eigenvalue weighted by Gasteiger charge is 2.06. The van der Waals surface area contributed by atoms with E-state index in [4.69, 9.17) is 12.2 Å². The number of rotatable bonds is 3. The van der Waals surface area contributed by atoms with E-state index in [9.17, 15) is 8.78 Å². The number of H-pyrrole nitrogens is 1. The first kappa shape index (κ1) is 13.9. The Balaban J connectivity index is 1.93. The molecular weight excluding hydrogens is 290 g/mol. The summed E-state index contributed by atoms with van der Waals surface area (Å²) in [6, 6.07) is 9.64. The number of fused-ring (bicyclic) bond motifs is 1. The van der Waals surface area contributed by atoms with Gasteiger partial charge in [0.2, 0.25) is 0 Å². The lowest BCUT2D eigenvalue weighted by Crippen LogP contribution is -2.02. The summed E-state index contributed by atoms with van der Waals surface area (Å²) in [7, 11) is 0. The maximum absolute atomic E-state index is 13.2. The van der Waals surface area contributed by atoms with Crippen molar-refractivity contribution in [3.8, 4) is 0 Å². The number of hydrogen-bond donors (Lipinski definition) is 1. The van der Waals surface area contributed by atoms with Gasteiger partial charge in [-0.2, -0.15) is 0 Å². The smallest absolute Gasteiger partial charge is 0.178 e. The molecule has 2 nitrogen and oxygen atoms in total. The molecular formula is C16H14F2N2S. The SMILES string of the molecule is Cc1ccc2[nH]c(=S)n(CCc3cc(F)cc(F)c3)c2c1. The van der Waals surface area contributed by atoms with Crippen molar-refractivity contribution in [2.24, 2.45) is 0 Å². The van der Waals surface area contributed by atoms with E-state index < -0.39 is 11.6 Å². The summed E-state index contributed by atoms with van der Waals surface area (Å²) in [5.74, 6) is -1.10. The summed E-state index contributed by atoms with van der Waals surface area (Å²) >= 11 is 5.32. The molecule has 0 spiro atoms. The van der Waals surface area contributed by atoms with Gasteiger partial charge in [-0.25, -0.2) is 8.78 Å². The Labute approximate surface area is 126 Å². The van der Waals surface area contributed by atoms with Crippen LogP contribution in [0.4, 0.5) is 8.78 Å². The van der Waals surface area contributed by atoms with Crippen LogP contribution in [0.5, 0.6) is 0 Å². The zero-order valence-corrected chi connectivity index (χ0v) is 12.3. The molecule has 0 amide bonds. The van der Waals surface area contributed by atoms with Gasteiger partial charge in [0.25, 0.3) is 0 Å². The minimum atomic E-state index is -0.552. The second-order valence-electron chi connectivity index (χ2n) is 5.13. The third-order valence-corrected chi connectivity index (χ3v) is 3.80. The summed E-state index contributed by atoms with van der Waals surface area (Å²) in [6.07, 6.45) is 0.518. The number of aryl methyl sites for hydroxylation is 3. The molecule has 0 bridgehead atoms. The average molecular weight is 304 g/mol. The van der Waals surface area contributed by atoms with Crippen LogP contribution >= 0.6 is 12.2 Å². The molecule has 1 aromatic heterocycles. The Bertz CT molecular complexity index is 844. The van der Waals surface area contributed by atoms with E-state index >= 15 is 0 Å². The van der Waals surface area contributed by atoms with Gasteiger partial charge in [0.1, 0.15) is 11.6 Å². The molecule has 3 aromatic rings. The lowest BCUT2D eigenvalue weighted by atomic mass is 10.1. The average Bonchev–Trinajstić information content (AvgIpc) is 2.70. The van der Waals surface area contributed by atoms with Crippen molar-refractivity contribution in [2.45, 2.75) is 19.9 Å². The Hall–Kier alpha value is -2.01. The van der Waals surface area contributed by atoms with Crippen molar-refractivity contribution in [2.75, 3.05) is 0 Å². The van der Waals surface area contributed by atoms with Gasteiger partial charge in [0, 0.05) is 12.6 Å². The second kappa shape index (κ2) is 5.41. The first-order valence-electron chi connectivity index (χ1n) is 6.67. The molecule has 108 valence electrons. The quantitative estimate of drug-likeness (QED) is 0.705. The number of imidazole rings is 1. The van der Waals surface area contributed by atoms with Crippen molar-refractivity contribution in [1.29, 1.82) is 0 Å². The molecule has 1 heterocycles. The van der Waals surface area contributed by atoms with Gasteiger partial charge >= 0.3 is 0 Å². The van der Waals surface area contributed by atoms with Crippen LogP contribution in [-0.4, -0.2) is 9.55 Å². The van der Waals surface area contributed by atoms with Gasteiger partial charge in [0.15, 0.2) is 4.77 Å². The predicted molar refractivity (Wildman–Crippen MR) is 81.9 cm³/mol. The number of aromatic nitrogens is 2. The summed E-state index contributed by atoms with van der Waals surface area (Å²) in [5, 5.41) is 0. The van der Waals surface area contributed by atoms with Crippen molar-refractivity contribution in [3.05, 3.63) is 63.9 Å². The zero-order chi connectivity index (χ0) is 15.0. The summed E-state index contributed by atoms with van der Waals surface area (Å²) in [6.45, 7) is 2.59. The van der Waals surface area contributed by atoms with Crippen LogP contribution in [0.25, 0.3) is 11.0 Å². The Kier molecular flexibility index (Phi) is 3.59. The van der Waals surface area contributed by atoms with Gasteiger partial charge < -0.3 is 9.55 Å². The molecule has 2 aromatic carbocycles. The Morgan fingerprint density at radius 3 is 2.52 bits per heavy atom. The van der Waals surface area contributed by atoms with Crippen molar-refractivity contribution < 1.29 is 8.78 Å². The predicted octanol–water partition coefficient (Wildman–Crippen LogP) is 4.53. The molecule has 21 heavy (non-hydrogen) atoms. The highest BCUT2D eigenvalue weighted by molar-refractivity contribution is 7.71. The van der Waals surface area contributed by atoms with Gasteiger partial charge in [-0.3, -0.25) is 0 Å². The monoisotopic (exact) mass is 304 g/mol. The molecule has 0 atom stereocenters. The van der Waals surface area contributed by atoms with Crippen LogP contribution in [-0.2, 0) is 13.0 Å². The first-order chi connectivity index (χ1) is 10.0. The van der Waals surface area contributed by atoms with Gasteiger partial charge in [-0.15, -0.1) is 0 Å². The maximum atomic E-state index is 13.2. The highest BCUT2D eigenvalue weighted by Crippen LogP contribution is 2.17. The highest BCUT2D eigenvalue weighted by atomic mass is 32.1. The molecule has 0 unspecified atom stereocenters. The fourth-order valence-corrected chi connectivity index (χ4v) is 2.78. The van der Waals surface area contributed by atoms with Crippen LogP contribution < -0.4 is 0 Å². The van der Waals surface area contributed by atoms with Crippen LogP contribution in [0.15, 0.2) is 36.4 Å². The van der Waals surface area contributed by atoms with Crippen LogP contribution in [0, 0.1) is 23.3 Å². The molecule has 0 saturated carbocycles. The fraction of sp³-hybridized carbons (Fsp3) is 0.188. The van der Waals surface area contributed by atoms with E-state index in [1.807, 2.05) is 29.7 Å². The van der Waals surface area contributed by atoms with E-state index in [-0.39, 0.29) is 0 Å². The normalized spacial score (nSPS) is 11.2. The molecule has 0 saturated heterocycles. The number of hydrogen-bond acceptors (Lipinski definition) is 1. The Morgan fingerprint density at radius 1 is 1.10 bits per heavy atom. The molecule has 0 aliphatic heterocycles. The topological polar surface area (TPSA) is 20.7 Å². The van der Waals surface area contributed by atoms with Gasteiger partial charge in [0.05, 0.1) is 11.0 Å².